The summed E-state index contributed by atoms with van der Waals surface area (Å²) in [6.07, 6.45) is -0.673. The molecule has 0 fully saturated rings. The molecule has 22 heavy (non-hydrogen) atoms. The number of hydroxylamine groups is 2. The van der Waals surface area contributed by atoms with Gasteiger partial charge in [-0.1, -0.05) is 48.4 Å². The molecule has 0 N–H and O–H groups in total. The summed E-state index contributed by atoms with van der Waals surface area (Å²) in [7, 11) is 0. The predicted molar refractivity (Wildman–Crippen MR) is 80.7 cm³/mol. The first kappa shape index (κ1) is 14.1. The van der Waals surface area contributed by atoms with Crippen molar-refractivity contribution >= 4 is 11.8 Å². The van der Waals surface area contributed by atoms with Gasteiger partial charge in [0.1, 0.15) is 0 Å². The predicted octanol–water partition coefficient (Wildman–Crippen LogP) is 2.98. The summed E-state index contributed by atoms with van der Waals surface area (Å²) in [5.41, 5.74) is 1.49. The van der Waals surface area contributed by atoms with Crippen LogP contribution in [0, 0.1) is 11.8 Å². The van der Waals surface area contributed by atoms with Gasteiger partial charge in [0.15, 0.2) is 6.10 Å². The van der Waals surface area contributed by atoms with E-state index in [1.165, 1.54) is 0 Å². The smallest absolute Gasteiger partial charge is 0.266 e. The molecule has 0 aliphatic carbocycles. The Morgan fingerprint density at radius 2 is 1.45 bits per heavy atom. The van der Waals surface area contributed by atoms with E-state index in [4.69, 9.17) is 4.84 Å². The number of nitrogens with zero attached hydrogens (tertiary/aromatic N) is 1. The summed E-state index contributed by atoms with van der Waals surface area (Å²) in [5.74, 6) is 4.72. The molecule has 0 aromatic heterocycles. The molecule has 0 saturated heterocycles. The minimum atomic E-state index is -0.673. The van der Waals surface area contributed by atoms with E-state index in [0.29, 0.717) is 11.1 Å². The van der Waals surface area contributed by atoms with Gasteiger partial charge in [-0.15, -0.1) is 11.0 Å². The Morgan fingerprint density at radius 1 is 0.909 bits per heavy atom. The Hall–Kier alpha value is -2.90. The molecule has 0 saturated carbocycles. The first-order chi connectivity index (χ1) is 10.7. The Labute approximate surface area is 128 Å². The lowest BCUT2D eigenvalue weighted by molar-refractivity contribution is -0.115. The first-order valence-electron chi connectivity index (χ1n) is 6.84. The van der Waals surface area contributed by atoms with Crippen LogP contribution in [0.4, 0.5) is 0 Å². The van der Waals surface area contributed by atoms with Crippen LogP contribution in [0.15, 0.2) is 54.6 Å². The normalized spacial score (nSPS) is 14.3. The van der Waals surface area contributed by atoms with E-state index < -0.39 is 17.9 Å². The fourth-order valence-corrected chi connectivity index (χ4v) is 2.30. The molecule has 0 bridgehead atoms. The molecule has 1 unspecified atom stereocenters. The van der Waals surface area contributed by atoms with Crippen molar-refractivity contribution in [1.82, 2.24) is 5.06 Å². The molecule has 0 spiro atoms. The van der Waals surface area contributed by atoms with Crippen LogP contribution in [0.1, 0.15) is 39.3 Å². The molecule has 1 aliphatic heterocycles. The zero-order valence-electron chi connectivity index (χ0n) is 11.9. The monoisotopic (exact) mass is 291 g/mol. The molecule has 1 heterocycles. The largest absolute Gasteiger partial charge is 0.285 e. The van der Waals surface area contributed by atoms with Crippen molar-refractivity contribution in [3.05, 3.63) is 71.3 Å². The van der Waals surface area contributed by atoms with Crippen molar-refractivity contribution in [3.8, 4) is 11.8 Å². The van der Waals surface area contributed by atoms with Gasteiger partial charge >= 0.3 is 0 Å². The lowest BCUT2D eigenvalue weighted by Crippen LogP contribution is -2.31. The van der Waals surface area contributed by atoms with Crippen LogP contribution in [0.3, 0.4) is 0 Å². The Balaban J connectivity index is 1.90. The minimum absolute atomic E-state index is 0.351. The van der Waals surface area contributed by atoms with Gasteiger partial charge in [-0.2, -0.15) is 0 Å². The molecule has 1 atom stereocenters. The van der Waals surface area contributed by atoms with E-state index in [9.17, 15) is 9.59 Å². The van der Waals surface area contributed by atoms with Crippen molar-refractivity contribution in [2.75, 3.05) is 0 Å². The number of amides is 2. The second-order valence-corrected chi connectivity index (χ2v) is 4.74. The van der Waals surface area contributed by atoms with Crippen LogP contribution >= 0.6 is 0 Å². The highest BCUT2D eigenvalue weighted by Crippen LogP contribution is 2.27. The molecule has 4 heteroatoms. The van der Waals surface area contributed by atoms with Crippen molar-refractivity contribution in [1.29, 1.82) is 0 Å². The third kappa shape index (κ3) is 2.39. The summed E-state index contributed by atoms with van der Waals surface area (Å²) in [6, 6.07) is 15.9. The maximum absolute atomic E-state index is 12.3. The highest BCUT2D eigenvalue weighted by atomic mass is 16.7. The fraction of sp³-hybridized carbons (Fsp3) is 0.111. The van der Waals surface area contributed by atoms with Crippen LogP contribution in [-0.2, 0) is 4.84 Å². The zero-order valence-corrected chi connectivity index (χ0v) is 11.9. The van der Waals surface area contributed by atoms with Crippen molar-refractivity contribution in [3.63, 3.8) is 0 Å². The first-order valence-corrected chi connectivity index (χ1v) is 6.84. The molecule has 2 amide bonds. The molecule has 4 nitrogen and oxygen atoms in total. The number of hydrogen-bond acceptors (Lipinski definition) is 3. The lowest BCUT2D eigenvalue weighted by Gasteiger charge is -2.18. The highest BCUT2D eigenvalue weighted by molar-refractivity contribution is 6.20. The Kier molecular flexibility index (Phi) is 3.73. The number of fused-ring (bicyclic) bond motifs is 1. The maximum Gasteiger partial charge on any atom is 0.285 e. The second kappa shape index (κ2) is 5.84. The molecule has 1 aliphatic rings. The van der Waals surface area contributed by atoms with E-state index in [2.05, 4.69) is 11.8 Å². The van der Waals surface area contributed by atoms with Gasteiger partial charge in [-0.3, -0.25) is 9.59 Å². The number of hydrogen-bond donors (Lipinski definition) is 0. The van der Waals surface area contributed by atoms with E-state index in [-0.39, 0.29) is 0 Å². The minimum Gasteiger partial charge on any atom is -0.266 e. The van der Waals surface area contributed by atoms with E-state index in [1.54, 1.807) is 31.2 Å². The van der Waals surface area contributed by atoms with Gasteiger partial charge in [-0.05, 0) is 24.6 Å². The molecule has 0 radical (unpaired) electrons. The Morgan fingerprint density at radius 3 is 2.00 bits per heavy atom. The summed E-state index contributed by atoms with van der Waals surface area (Å²) in [4.78, 5) is 30.2. The molecule has 2 aromatic rings. The number of imide groups is 1. The van der Waals surface area contributed by atoms with Gasteiger partial charge in [0.05, 0.1) is 11.1 Å². The van der Waals surface area contributed by atoms with Crippen molar-refractivity contribution in [2.24, 2.45) is 0 Å². The van der Waals surface area contributed by atoms with Gasteiger partial charge in [0.2, 0.25) is 0 Å². The van der Waals surface area contributed by atoms with Crippen LogP contribution in [-0.4, -0.2) is 16.9 Å². The van der Waals surface area contributed by atoms with Crippen LogP contribution in [0.5, 0.6) is 0 Å². The second-order valence-electron chi connectivity index (χ2n) is 4.74. The number of carbonyl (C=O) groups is 2. The third-order valence-electron chi connectivity index (χ3n) is 3.35. The molecular formula is C18H13NO3. The quantitative estimate of drug-likeness (QED) is 0.645. The van der Waals surface area contributed by atoms with Crippen LogP contribution in [0.2, 0.25) is 0 Å². The molecular weight excluding hydrogens is 278 g/mol. The number of carbonyl (C=O) groups excluding carboxylic acids is 2. The average Bonchev–Trinajstić information content (AvgIpc) is 2.80. The van der Waals surface area contributed by atoms with E-state index >= 15 is 0 Å². The van der Waals surface area contributed by atoms with E-state index in [1.807, 2.05) is 30.3 Å². The maximum atomic E-state index is 12.3. The summed E-state index contributed by atoms with van der Waals surface area (Å²) >= 11 is 0. The van der Waals surface area contributed by atoms with Crippen LogP contribution in [0.25, 0.3) is 0 Å². The standard InChI is InChI=1S/C18H13NO3/c1-2-8-16(13-9-4-3-5-10-13)22-19-17(20)14-11-6-7-12-15(14)18(19)21/h3-7,9-12,16H,1H3. The zero-order chi connectivity index (χ0) is 15.5. The topological polar surface area (TPSA) is 46.6 Å². The number of benzene rings is 2. The highest BCUT2D eigenvalue weighted by Gasteiger charge is 2.38. The lowest BCUT2D eigenvalue weighted by atomic mass is 10.1. The van der Waals surface area contributed by atoms with Crippen molar-refractivity contribution in [2.45, 2.75) is 13.0 Å². The third-order valence-corrected chi connectivity index (χ3v) is 3.35. The van der Waals surface area contributed by atoms with Crippen molar-refractivity contribution < 1.29 is 14.4 Å². The molecule has 108 valence electrons. The van der Waals surface area contributed by atoms with E-state index in [0.717, 1.165) is 10.6 Å². The fourth-order valence-electron chi connectivity index (χ4n) is 2.30. The van der Waals surface area contributed by atoms with Gasteiger partial charge in [0.25, 0.3) is 11.8 Å². The molecule has 2 aromatic carbocycles. The van der Waals surface area contributed by atoms with Gasteiger partial charge in [-0.25, -0.2) is 4.84 Å². The average molecular weight is 291 g/mol. The molecule has 3 rings (SSSR count). The van der Waals surface area contributed by atoms with Gasteiger partial charge < -0.3 is 0 Å². The Bertz CT molecular complexity index is 752. The summed E-state index contributed by atoms with van der Waals surface area (Å²) in [5, 5.41) is 0.798. The number of rotatable bonds is 3. The summed E-state index contributed by atoms with van der Waals surface area (Å²) in [6.45, 7) is 1.68. The van der Waals surface area contributed by atoms with Gasteiger partial charge in [0, 0.05) is 0 Å². The summed E-state index contributed by atoms with van der Waals surface area (Å²) < 4.78 is 0. The SMILES string of the molecule is CC#CC(ON1C(=O)c2ccccc2C1=O)c1ccccc1. The van der Waals surface area contributed by atoms with Crippen LogP contribution < -0.4 is 0 Å².